The number of hydrogen-bond acceptors (Lipinski definition) is 2. The van der Waals surface area contributed by atoms with E-state index in [-0.39, 0.29) is 0 Å². The van der Waals surface area contributed by atoms with Gasteiger partial charge in [-0.1, -0.05) is 29.3 Å². The Kier molecular flexibility index (Phi) is 4.69. The van der Waals surface area contributed by atoms with Crippen LogP contribution in [0, 0.1) is 5.92 Å². The van der Waals surface area contributed by atoms with Crippen molar-refractivity contribution in [1.82, 2.24) is 5.32 Å². The number of hydrogen-bond donors (Lipinski definition) is 1. The van der Waals surface area contributed by atoms with Gasteiger partial charge in [-0.25, -0.2) is 0 Å². The minimum absolute atomic E-state index is 0.479. The van der Waals surface area contributed by atoms with Crippen molar-refractivity contribution in [1.29, 1.82) is 0 Å². The van der Waals surface area contributed by atoms with Gasteiger partial charge in [-0.15, -0.1) is 0 Å². The molecule has 1 saturated heterocycles. The van der Waals surface area contributed by atoms with Gasteiger partial charge in [0.1, 0.15) is 0 Å². The molecule has 1 aromatic carbocycles. The number of rotatable bonds is 3. The molecule has 1 aromatic rings. The van der Waals surface area contributed by atoms with Gasteiger partial charge in [0.25, 0.3) is 0 Å². The fourth-order valence-corrected chi connectivity index (χ4v) is 2.83. The fraction of sp³-hybridized carbons (Fsp3) is 0.538. The summed E-state index contributed by atoms with van der Waals surface area (Å²) >= 11 is 12.1. The molecule has 1 heterocycles. The third kappa shape index (κ3) is 3.35. The quantitative estimate of drug-likeness (QED) is 0.914. The lowest BCUT2D eigenvalue weighted by Gasteiger charge is -2.31. The lowest BCUT2D eigenvalue weighted by molar-refractivity contribution is 0.0342. The zero-order valence-electron chi connectivity index (χ0n) is 9.88. The summed E-state index contributed by atoms with van der Waals surface area (Å²) < 4.78 is 5.54. The summed E-state index contributed by atoms with van der Waals surface area (Å²) in [4.78, 5) is 0. The maximum Gasteiger partial charge on any atom is 0.0512 e. The predicted octanol–water partition coefficient (Wildman–Crippen LogP) is 3.16. The topological polar surface area (TPSA) is 21.3 Å². The van der Waals surface area contributed by atoms with Crippen LogP contribution in [0.2, 0.25) is 10.0 Å². The van der Waals surface area contributed by atoms with Gasteiger partial charge < -0.3 is 10.1 Å². The predicted molar refractivity (Wildman–Crippen MR) is 71.9 cm³/mol. The first-order valence-corrected chi connectivity index (χ1v) is 6.65. The molecule has 4 heteroatoms. The molecular weight excluding hydrogens is 257 g/mol. The highest BCUT2D eigenvalue weighted by Crippen LogP contribution is 2.26. The Balaban J connectivity index is 2.08. The minimum atomic E-state index is 0.479. The molecular formula is C13H17Cl2NO. The van der Waals surface area contributed by atoms with Crippen molar-refractivity contribution < 1.29 is 4.74 Å². The van der Waals surface area contributed by atoms with Crippen LogP contribution in [0.3, 0.4) is 0 Å². The minimum Gasteiger partial charge on any atom is -0.381 e. The van der Waals surface area contributed by atoms with Gasteiger partial charge in [0, 0.05) is 28.6 Å². The Labute approximate surface area is 112 Å². The van der Waals surface area contributed by atoms with Crippen molar-refractivity contribution >= 4 is 23.2 Å². The van der Waals surface area contributed by atoms with Gasteiger partial charge >= 0.3 is 0 Å². The van der Waals surface area contributed by atoms with Crippen molar-refractivity contribution in [3.63, 3.8) is 0 Å². The smallest absolute Gasteiger partial charge is 0.0512 e. The molecule has 17 heavy (non-hydrogen) atoms. The van der Waals surface area contributed by atoms with E-state index >= 15 is 0 Å². The van der Waals surface area contributed by atoms with E-state index in [4.69, 9.17) is 27.9 Å². The molecule has 1 aliphatic rings. The van der Waals surface area contributed by atoms with Gasteiger partial charge in [-0.3, -0.25) is 0 Å². The van der Waals surface area contributed by atoms with Crippen LogP contribution >= 0.6 is 23.2 Å². The van der Waals surface area contributed by atoms with Crippen molar-refractivity contribution in [2.45, 2.75) is 18.9 Å². The van der Waals surface area contributed by atoms with Gasteiger partial charge in [0.15, 0.2) is 0 Å². The van der Waals surface area contributed by atoms with Gasteiger partial charge in [-0.2, -0.15) is 0 Å². The summed E-state index contributed by atoms with van der Waals surface area (Å²) in [6.45, 7) is 1.64. The first-order valence-electron chi connectivity index (χ1n) is 5.89. The third-order valence-corrected chi connectivity index (χ3v) is 3.93. The van der Waals surface area contributed by atoms with Crippen LogP contribution in [-0.4, -0.2) is 26.3 Å². The van der Waals surface area contributed by atoms with Crippen molar-refractivity contribution in [2.75, 3.05) is 20.3 Å². The Bertz CT molecular complexity index is 384. The van der Waals surface area contributed by atoms with Crippen LogP contribution in [0.5, 0.6) is 0 Å². The Morgan fingerprint density at radius 1 is 1.41 bits per heavy atom. The summed E-state index contributed by atoms with van der Waals surface area (Å²) in [5, 5.41) is 4.79. The van der Waals surface area contributed by atoms with E-state index in [1.807, 2.05) is 19.2 Å². The van der Waals surface area contributed by atoms with Crippen LogP contribution in [0.1, 0.15) is 12.0 Å². The summed E-state index contributed by atoms with van der Waals surface area (Å²) in [5.41, 5.74) is 1.15. The third-order valence-electron chi connectivity index (χ3n) is 3.34. The van der Waals surface area contributed by atoms with Crippen LogP contribution in [0.25, 0.3) is 0 Å². The first-order chi connectivity index (χ1) is 8.20. The van der Waals surface area contributed by atoms with Crippen LogP contribution in [0.15, 0.2) is 18.2 Å². The normalized spacial score (nSPS) is 24.9. The number of nitrogens with one attached hydrogen (secondary N) is 1. The van der Waals surface area contributed by atoms with E-state index in [9.17, 15) is 0 Å². The summed E-state index contributed by atoms with van der Waals surface area (Å²) in [6, 6.07) is 6.21. The van der Waals surface area contributed by atoms with Crippen molar-refractivity contribution in [2.24, 2.45) is 5.92 Å². The van der Waals surface area contributed by atoms with E-state index in [0.717, 1.165) is 36.6 Å². The van der Waals surface area contributed by atoms with E-state index in [2.05, 4.69) is 5.32 Å². The zero-order valence-corrected chi connectivity index (χ0v) is 11.4. The molecule has 0 saturated carbocycles. The summed E-state index contributed by atoms with van der Waals surface area (Å²) in [6.07, 6.45) is 1.99. The summed E-state index contributed by atoms with van der Waals surface area (Å²) in [5.74, 6) is 0.479. The van der Waals surface area contributed by atoms with E-state index in [1.165, 1.54) is 0 Å². The van der Waals surface area contributed by atoms with Crippen LogP contribution in [0.4, 0.5) is 0 Å². The second-order valence-electron chi connectivity index (χ2n) is 4.46. The van der Waals surface area contributed by atoms with E-state index in [1.54, 1.807) is 6.07 Å². The molecule has 2 atom stereocenters. The monoisotopic (exact) mass is 273 g/mol. The van der Waals surface area contributed by atoms with E-state index in [0.29, 0.717) is 17.0 Å². The van der Waals surface area contributed by atoms with Crippen LogP contribution < -0.4 is 5.32 Å². The van der Waals surface area contributed by atoms with E-state index < -0.39 is 0 Å². The first kappa shape index (κ1) is 13.2. The highest BCUT2D eigenvalue weighted by Gasteiger charge is 2.25. The SMILES string of the molecule is CN[C@H]1CCOC[C@@H]1Cc1ccc(Cl)cc1Cl. The van der Waals surface area contributed by atoms with Gasteiger partial charge in [-0.05, 0) is 37.6 Å². The molecule has 0 aliphatic carbocycles. The largest absolute Gasteiger partial charge is 0.381 e. The molecule has 2 nitrogen and oxygen atoms in total. The standard InChI is InChI=1S/C13H17Cl2NO/c1-16-13-4-5-17-8-10(13)6-9-2-3-11(14)7-12(9)15/h2-3,7,10,13,16H,4-6,8H2,1H3/t10-,13-/m0/s1. The Morgan fingerprint density at radius 3 is 2.94 bits per heavy atom. The van der Waals surface area contributed by atoms with Gasteiger partial charge in [0.05, 0.1) is 6.61 Å². The Hall–Kier alpha value is -0.280. The molecule has 0 bridgehead atoms. The lowest BCUT2D eigenvalue weighted by atomic mass is 9.89. The molecule has 2 rings (SSSR count). The second kappa shape index (κ2) is 6.05. The average molecular weight is 274 g/mol. The average Bonchev–Trinajstić information content (AvgIpc) is 2.33. The molecule has 0 aromatic heterocycles. The molecule has 1 aliphatic heterocycles. The number of benzene rings is 1. The molecule has 0 unspecified atom stereocenters. The lowest BCUT2D eigenvalue weighted by Crippen LogP contribution is -2.41. The van der Waals surface area contributed by atoms with Crippen molar-refractivity contribution in [3.05, 3.63) is 33.8 Å². The molecule has 1 fully saturated rings. The van der Waals surface area contributed by atoms with Crippen LogP contribution in [-0.2, 0) is 11.2 Å². The molecule has 0 radical (unpaired) electrons. The summed E-state index contributed by atoms with van der Waals surface area (Å²) in [7, 11) is 2.01. The highest BCUT2D eigenvalue weighted by atomic mass is 35.5. The zero-order chi connectivity index (χ0) is 12.3. The maximum absolute atomic E-state index is 6.19. The van der Waals surface area contributed by atoms with Crippen molar-refractivity contribution in [3.8, 4) is 0 Å². The Morgan fingerprint density at radius 2 is 2.24 bits per heavy atom. The fourth-order valence-electron chi connectivity index (χ4n) is 2.35. The number of halogens is 2. The molecule has 1 N–H and O–H groups in total. The second-order valence-corrected chi connectivity index (χ2v) is 5.30. The molecule has 94 valence electrons. The number of ether oxygens (including phenoxy) is 1. The molecule has 0 spiro atoms. The van der Waals surface area contributed by atoms with Gasteiger partial charge in [0.2, 0.25) is 0 Å². The highest BCUT2D eigenvalue weighted by molar-refractivity contribution is 6.35. The molecule has 0 amide bonds. The maximum atomic E-state index is 6.19.